The second-order valence-corrected chi connectivity index (χ2v) is 6.54. The maximum atomic E-state index is 9.70. The number of rotatable bonds is 6. The van der Waals surface area contributed by atoms with Crippen molar-refractivity contribution in [3.63, 3.8) is 0 Å². The van der Waals surface area contributed by atoms with Gasteiger partial charge in [-0.15, -0.1) is 0 Å². The summed E-state index contributed by atoms with van der Waals surface area (Å²) in [6.45, 7) is 14.2. The lowest BCUT2D eigenvalue weighted by molar-refractivity contribution is 0.190. The summed E-state index contributed by atoms with van der Waals surface area (Å²) in [5.74, 6) is 0. The summed E-state index contributed by atoms with van der Waals surface area (Å²) >= 11 is 0. The van der Waals surface area contributed by atoms with Crippen molar-refractivity contribution in [3.8, 4) is 0 Å². The summed E-state index contributed by atoms with van der Waals surface area (Å²) in [4.78, 5) is 29.1. The van der Waals surface area contributed by atoms with Crippen LogP contribution in [-0.2, 0) is 0 Å². The number of carbonyl (C=O) groups is 3. The summed E-state index contributed by atoms with van der Waals surface area (Å²) in [6, 6.07) is 0.0764. The van der Waals surface area contributed by atoms with Gasteiger partial charge >= 0.3 is 18.3 Å². The molecule has 0 aliphatic carbocycles. The fourth-order valence-corrected chi connectivity index (χ4v) is 0.741. The minimum absolute atomic E-state index is 0.0255. The third kappa shape index (κ3) is 142. The van der Waals surface area contributed by atoms with Crippen LogP contribution in [0.5, 0.6) is 0 Å². The van der Waals surface area contributed by atoms with E-state index in [-0.39, 0.29) is 18.1 Å². The highest BCUT2D eigenvalue weighted by Gasteiger charge is 1.95. The number of hydrogen-bond acceptors (Lipinski definition) is 9. The van der Waals surface area contributed by atoms with E-state index in [2.05, 4.69) is 16.0 Å². The molecule has 0 spiro atoms. The first-order valence-corrected chi connectivity index (χ1v) is 10.3. The molecule has 0 saturated carbocycles. The molecule has 0 fully saturated rings. The molecular formula is C18H51N9O6. The molecule has 0 aliphatic rings. The first-order chi connectivity index (χ1) is 15.1. The molecular weight excluding hydrogens is 438 g/mol. The number of carboxylic acid groups (broad SMARTS) is 3. The maximum Gasteiger partial charge on any atom is 0.404 e. The van der Waals surface area contributed by atoms with Crippen molar-refractivity contribution in [2.24, 2.45) is 34.4 Å². The van der Waals surface area contributed by atoms with Crippen molar-refractivity contribution in [2.75, 3.05) is 39.3 Å². The largest absolute Gasteiger partial charge is 0.465 e. The summed E-state index contributed by atoms with van der Waals surface area (Å²) in [7, 11) is 0. The number of nitrogens with one attached hydrogen (secondary N) is 3. The van der Waals surface area contributed by atoms with Gasteiger partial charge < -0.3 is 65.7 Å². The van der Waals surface area contributed by atoms with Crippen molar-refractivity contribution in [1.82, 2.24) is 16.0 Å². The Kier molecular flexibility index (Phi) is 53.6. The van der Waals surface area contributed by atoms with E-state index in [1.807, 2.05) is 0 Å². The predicted octanol–water partition coefficient (Wildman–Crippen LogP) is -1.30. The van der Waals surface area contributed by atoms with Gasteiger partial charge in [0.05, 0.1) is 0 Å². The molecule has 0 aromatic heterocycles. The van der Waals surface area contributed by atoms with Crippen LogP contribution in [0.15, 0.2) is 0 Å². The van der Waals surface area contributed by atoms with E-state index in [1.165, 1.54) is 0 Å². The minimum Gasteiger partial charge on any atom is -0.465 e. The van der Waals surface area contributed by atoms with Gasteiger partial charge in [0.15, 0.2) is 0 Å². The van der Waals surface area contributed by atoms with Crippen LogP contribution in [0.2, 0.25) is 0 Å². The van der Waals surface area contributed by atoms with E-state index in [4.69, 9.17) is 49.7 Å². The zero-order valence-corrected chi connectivity index (χ0v) is 21.0. The van der Waals surface area contributed by atoms with Crippen molar-refractivity contribution in [1.29, 1.82) is 0 Å². The topological polar surface area (TPSA) is 304 Å². The van der Waals surface area contributed by atoms with Gasteiger partial charge in [0.1, 0.15) is 0 Å². The van der Waals surface area contributed by atoms with Crippen LogP contribution in [-0.4, -0.2) is 91.0 Å². The molecule has 15 heteroatoms. The minimum atomic E-state index is -0.963. The van der Waals surface area contributed by atoms with Gasteiger partial charge in [0.25, 0.3) is 0 Å². The molecule has 0 aromatic rings. The van der Waals surface area contributed by atoms with Gasteiger partial charge in [0, 0.05) is 57.4 Å². The van der Waals surface area contributed by atoms with Crippen LogP contribution >= 0.6 is 0 Å². The lowest BCUT2D eigenvalue weighted by Gasteiger charge is -2.00. The van der Waals surface area contributed by atoms with E-state index in [0.717, 1.165) is 0 Å². The van der Waals surface area contributed by atoms with Crippen LogP contribution in [0, 0.1) is 0 Å². The average Bonchev–Trinajstić information content (AvgIpc) is 2.66. The first-order valence-electron chi connectivity index (χ1n) is 10.3. The summed E-state index contributed by atoms with van der Waals surface area (Å²) in [5, 5.41) is 30.6. The van der Waals surface area contributed by atoms with Crippen LogP contribution in [0.3, 0.4) is 0 Å². The highest BCUT2D eigenvalue weighted by Crippen LogP contribution is 1.74. The quantitative estimate of drug-likeness (QED) is 0.207. The van der Waals surface area contributed by atoms with Gasteiger partial charge in [-0.1, -0.05) is 0 Å². The van der Waals surface area contributed by atoms with E-state index in [0.29, 0.717) is 39.3 Å². The van der Waals surface area contributed by atoms with Gasteiger partial charge in [-0.3, -0.25) is 0 Å². The van der Waals surface area contributed by atoms with Crippen molar-refractivity contribution >= 4 is 18.3 Å². The Morgan fingerprint density at radius 3 is 0.606 bits per heavy atom. The molecule has 18 N–H and O–H groups in total. The number of amides is 3. The lowest BCUT2D eigenvalue weighted by atomic mass is 10.4. The molecule has 3 amide bonds. The molecule has 0 aliphatic heterocycles. The second kappa shape index (κ2) is 40.0. The van der Waals surface area contributed by atoms with E-state index < -0.39 is 18.3 Å². The Morgan fingerprint density at radius 1 is 0.485 bits per heavy atom. The highest BCUT2D eigenvalue weighted by molar-refractivity contribution is 5.65. The normalized spacial score (nSPS) is 8.45. The predicted molar refractivity (Wildman–Crippen MR) is 133 cm³/mol. The molecule has 0 rings (SSSR count). The van der Waals surface area contributed by atoms with E-state index in [9.17, 15) is 14.4 Å². The second-order valence-electron chi connectivity index (χ2n) is 6.54. The molecule has 15 nitrogen and oxygen atoms in total. The van der Waals surface area contributed by atoms with Gasteiger partial charge in [-0.25, -0.2) is 14.4 Å². The van der Waals surface area contributed by atoms with E-state index >= 15 is 0 Å². The molecule has 0 heterocycles. The fourth-order valence-electron chi connectivity index (χ4n) is 0.741. The summed E-state index contributed by atoms with van der Waals surface area (Å²) < 4.78 is 0. The lowest BCUT2D eigenvalue weighted by Crippen LogP contribution is -2.27. The highest BCUT2D eigenvalue weighted by atomic mass is 16.4. The Bertz CT molecular complexity index is 339. The van der Waals surface area contributed by atoms with Crippen molar-refractivity contribution in [2.45, 2.75) is 59.7 Å². The van der Waals surface area contributed by atoms with Gasteiger partial charge in [0.2, 0.25) is 0 Å². The maximum absolute atomic E-state index is 9.70. The van der Waals surface area contributed by atoms with Crippen LogP contribution in [0.25, 0.3) is 0 Å². The molecule has 0 saturated heterocycles. The van der Waals surface area contributed by atoms with Crippen LogP contribution < -0.4 is 50.4 Å². The zero-order valence-electron chi connectivity index (χ0n) is 21.0. The Labute approximate surface area is 198 Å². The molecule has 0 unspecified atom stereocenters. The number of hydrogen-bond donors (Lipinski definition) is 12. The third-order valence-corrected chi connectivity index (χ3v) is 1.74. The molecule has 33 heavy (non-hydrogen) atoms. The van der Waals surface area contributed by atoms with Gasteiger partial charge in [-0.05, 0) is 41.5 Å². The Morgan fingerprint density at radius 2 is 0.606 bits per heavy atom. The Balaban J connectivity index is -0.0000000677. The van der Waals surface area contributed by atoms with Crippen molar-refractivity contribution < 1.29 is 29.7 Å². The van der Waals surface area contributed by atoms with Crippen LogP contribution in [0.1, 0.15) is 41.5 Å². The van der Waals surface area contributed by atoms with Crippen LogP contribution in [0.4, 0.5) is 14.4 Å². The fraction of sp³-hybridized carbons (Fsp3) is 0.833. The molecule has 0 aromatic carbocycles. The first kappa shape index (κ1) is 44.3. The third-order valence-electron chi connectivity index (χ3n) is 1.74. The molecule has 0 radical (unpaired) electrons. The zero-order chi connectivity index (χ0) is 27.8. The monoisotopic (exact) mass is 489 g/mol. The average molecular weight is 490 g/mol. The molecule has 204 valence electrons. The van der Waals surface area contributed by atoms with Crippen molar-refractivity contribution in [3.05, 3.63) is 0 Å². The SMILES string of the molecule is CC(C)NC(=O)O.CC(C)NC(=O)O.CC(C)NC(=O)O.NCCN.NCCN.NCCN. The summed E-state index contributed by atoms with van der Waals surface area (Å²) in [5.41, 5.74) is 29.4. The molecule has 0 atom stereocenters. The Hall–Kier alpha value is -2.43. The smallest absolute Gasteiger partial charge is 0.404 e. The standard InChI is InChI=1S/3C4H9NO2.3C2H8N2/c3*1-3(2)5-4(6)7;3*3-1-2-4/h3*3,5H,1-2H3,(H,6,7);3*1-4H2. The summed E-state index contributed by atoms with van der Waals surface area (Å²) in [6.07, 6.45) is -2.89. The molecule has 0 bridgehead atoms. The number of nitrogens with two attached hydrogens (primary N) is 6. The van der Waals surface area contributed by atoms with E-state index in [1.54, 1.807) is 41.5 Å². The van der Waals surface area contributed by atoms with Gasteiger partial charge in [-0.2, -0.15) is 0 Å².